The molecule has 0 aromatic heterocycles. The number of carbonyl (C=O) groups is 1. The zero-order chi connectivity index (χ0) is 13.5. The molecule has 0 unspecified atom stereocenters. The first-order chi connectivity index (χ1) is 8.54. The molecule has 0 atom stereocenters. The molecule has 0 fully saturated rings. The van der Waals surface area contributed by atoms with Crippen molar-refractivity contribution in [2.24, 2.45) is 0 Å². The summed E-state index contributed by atoms with van der Waals surface area (Å²) in [6.07, 6.45) is 1.30. The first-order valence-corrected chi connectivity index (χ1v) is 6.62. The molecule has 0 aliphatic heterocycles. The average Bonchev–Trinajstić information content (AvgIpc) is 2.34. The normalized spacial score (nSPS) is 10.4. The Morgan fingerprint density at radius 3 is 2.67 bits per heavy atom. The molecule has 1 aromatic carbocycles. The number of likely N-dealkylation sites (N-methyl/N-ethyl adjacent to an activating group) is 1. The predicted octanol–water partition coefficient (Wildman–Crippen LogP) is 2.60. The van der Waals surface area contributed by atoms with Crippen LogP contribution in [0.5, 0.6) is 0 Å². The van der Waals surface area contributed by atoms with E-state index in [9.17, 15) is 4.79 Å². The van der Waals surface area contributed by atoms with Crippen molar-refractivity contribution < 1.29 is 4.79 Å². The minimum absolute atomic E-state index is 0.0875. The van der Waals surface area contributed by atoms with Crippen LogP contribution in [0.2, 0.25) is 10.0 Å². The predicted molar refractivity (Wildman–Crippen MR) is 76.3 cm³/mol. The summed E-state index contributed by atoms with van der Waals surface area (Å²) in [5.74, 6) is 0.0875. The largest absolute Gasteiger partial charge is 0.345 e. The fourth-order valence-electron chi connectivity index (χ4n) is 1.58. The Morgan fingerprint density at radius 2 is 2.06 bits per heavy atom. The van der Waals surface area contributed by atoms with Crippen molar-refractivity contribution in [2.75, 3.05) is 27.2 Å². The smallest absolute Gasteiger partial charge is 0.226 e. The molecule has 1 rings (SSSR count). The van der Waals surface area contributed by atoms with Crippen LogP contribution >= 0.6 is 23.2 Å². The number of nitrogens with zero attached hydrogens (tertiary/aromatic N) is 1. The molecule has 3 nitrogen and oxygen atoms in total. The highest BCUT2D eigenvalue weighted by atomic mass is 35.5. The third-order valence-corrected chi connectivity index (χ3v) is 3.42. The molecule has 18 heavy (non-hydrogen) atoms. The van der Waals surface area contributed by atoms with Gasteiger partial charge in [0, 0.05) is 13.6 Å². The number of rotatable bonds is 6. The highest BCUT2D eigenvalue weighted by Gasteiger charge is 2.10. The summed E-state index contributed by atoms with van der Waals surface area (Å²) in [4.78, 5) is 13.7. The van der Waals surface area contributed by atoms with Gasteiger partial charge in [0.15, 0.2) is 0 Å². The molecule has 0 radical (unpaired) electrons. The molecule has 1 aromatic rings. The zero-order valence-electron chi connectivity index (χ0n) is 10.7. The van der Waals surface area contributed by atoms with Crippen molar-refractivity contribution in [1.82, 2.24) is 10.2 Å². The van der Waals surface area contributed by atoms with Gasteiger partial charge < -0.3 is 10.2 Å². The average molecular weight is 289 g/mol. The van der Waals surface area contributed by atoms with E-state index >= 15 is 0 Å². The maximum atomic E-state index is 11.9. The maximum absolute atomic E-state index is 11.9. The molecule has 0 saturated heterocycles. The van der Waals surface area contributed by atoms with E-state index in [-0.39, 0.29) is 5.91 Å². The number of benzene rings is 1. The maximum Gasteiger partial charge on any atom is 0.226 e. The topological polar surface area (TPSA) is 32.3 Å². The van der Waals surface area contributed by atoms with Gasteiger partial charge in [-0.1, -0.05) is 29.3 Å². The van der Waals surface area contributed by atoms with Gasteiger partial charge in [0.1, 0.15) is 0 Å². The molecule has 1 N–H and O–H groups in total. The van der Waals surface area contributed by atoms with E-state index in [0.29, 0.717) is 16.5 Å². The Labute approximate surface area is 118 Å². The van der Waals surface area contributed by atoms with E-state index in [1.165, 1.54) is 0 Å². The molecule has 1 amide bonds. The molecule has 5 heteroatoms. The Hall–Kier alpha value is -0.770. The van der Waals surface area contributed by atoms with E-state index in [2.05, 4.69) is 5.32 Å². The summed E-state index contributed by atoms with van der Waals surface area (Å²) >= 11 is 11.7. The molecule has 0 heterocycles. The van der Waals surface area contributed by atoms with Crippen molar-refractivity contribution in [3.8, 4) is 0 Å². The molecular formula is C13H18Cl2N2O. The van der Waals surface area contributed by atoms with Crippen molar-refractivity contribution in [3.63, 3.8) is 0 Å². The van der Waals surface area contributed by atoms with E-state index in [0.717, 1.165) is 25.1 Å². The van der Waals surface area contributed by atoms with E-state index < -0.39 is 0 Å². The van der Waals surface area contributed by atoms with Crippen LogP contribution in [0, 0.1) is 0 Å². The molecule has 100 valence electrons. The molecular weight excluding hydrogens is 271 g/mol. The van der Waals surface area contributed by atoms with Gasteiger partial charge >= 0.3 is 0 Å². The van der Waals surface area contributed by atoms with Crippen molar-refractivity contribution >= 4 is 29.1 Å². The lowest BCUT2D eigenvalue weighted by Gasteiger charge is -2.17. The van der Waals surface area contributed by atoms with Gasteiger partial charge in [-0.05, 0) is 37.7 Å². The summed E-state index contributed by atoms with van der Waals surface area (Å²) in [5.41, 5.74) is 0.884. The van der Waals surface area contributed by atoms with Crippen molar-refractivity contribution in [2.45, 2.75) is 12.8 Å². The first-order valence-electron chi connectivity index (χ1n) is 5.87. The van der Waals surface area contributed by atoms with Gasteiger partial charge in [-0.15, -0.1) is 0 Å². The fourth-order valence-corrected chi connectivity index (χ4v) is 1.90. The lowest BCUT2D eigenvalue weighted by molar-refractivity contribution is -0.129. The standard InChI is InChI=1S/C13H18Cl2N2O/c1-16-6-3-7-17(2)13(18)9-10-4-5-11(14)12(15)8-10/h4-5,8,16H,3,6-7,9H2,1-2H3. The van der Waals surface area contributed by atoms with Crippen LogP contribution < -0.4 is 5.32 Å². The molecule has 0 aliphatic rings. The lowest BCUT2D eigenvalue weighted by Crippen LogP contribution is -2.30. The number of hydrogen-bond donors (Lipinski definition) is 1. The van der Waals surface area contributed by atoms with Crippen LogP contribution in [-0.4, -0.2) is 38.0 Å². The number of halogens is 2. The second kappa shape index (κ2) is 7.62. The number of carbonyl (C=O) groups excluding carboxylic acids is 1. The summed E-state index contributed by atoms with van der Waals surface area (Å²) < 4.78 is 0. The minimum atomic E-state index is 0.0875. The summed E-state index contributed by atoms with van der Waals surface area (Å²) in [7, 11) is 3.72. The van der Waals surface area contributed by atoms with Gasteiger partial charge in [0.05, 0.1) is 16.5 Å². The zero-order valence-corrected chi connectivity index (χ0v) is 12.2. The van der Waals surface area contributed by atoms with E-state index in [1.54, 1.807) is 17.0 Å². The van der Waals surface area contributed by atoms with Gasteiger partial charge in [0.25, 0.3) is 0 Å². The Morgan fingerprint density at radius 1 is 1.33 bits per heavy atom. The molecule has 0 bridgehead atoms. The van der Waals surface area contributed by atoms with Crippen molar-refractivity contribution in [1.29, 1.82) is 0 Å². The molecule has 0 aliphatic carbocycles. The second-order valence-electron chi connectivity index (χ2n) is 4.20. The third kappa shape index (κ3) is 4.84. The Bertz CT molecular complexity index is 410. The summed E-state index contributed by atoms with van der Waals surface area (Å²) in [5, 5.41) is 4.05. The van der Waals surface area contributed by atoms with Gasteiger partial charge in [-0.3, -0.25) is 4.79 Å². The van der Waals surface area contributed by atoms with Crippen LogP contribution in [0.15, 0.2) is 18.2 Å². The highest BCUT2D eigenvalue weighted by Crippen LogP contribution is 2.22. The quantitative estimate of drug-likeness (QED) is 0.816. The van der Waals surface area contributed by atoms with Gasteiger partial charge in [-0.25, -0.2) is 0 Å². The minimum Gasteiger partial charge on any atom is -0.345 e. The number of amides is 1. The molecule has 0 saturated carbocycles. The highest BCUT2D eigenvalue weighted by molar-refractivity contribution is 6.42. The first kappa shape index (κ1) is 15.3. The monoisotopic (exact) mass is 288 g/mol. The van der Waals surface area contributed by atoms with Crippen LogP contribution in [-0.2, 0) is 11.2 Å². The third-order valence-electron chi connectivity index (χ3n) is 2.69. The Balaban J connectivity index is 2.50. The van der Waals surface area contributed by atoms with Crippen LogP contribution in [0.25, 0.3) is 0 Å². The fraction of sp³-hybridized carbons (Fsp3) is 0.462. The Kier molecular flexibility index (Phi) is 6.47. The van der Waals surface area contributed by atoms with E-state index in [1.807, 2.05) is 20.2 Å². The van der Waals surface area contributed by atoms with Gasteiger partial charge in [0.2, 0.25) is 5.91 Å². The van der Waals surface area contributed by atoms with Crippen LogP contribution in [0.3, 0.4) is 0 Å². The molecule has 0 spiro atoms. The van der Waals surface area contributed by atoms with Gasteiger partial charge in [-0.2, -0.15) is 0 Å². The SMILES string of the molecule is CNCCCN(C)C(=O)Cc1ccc(Cl)c(Cl)c1. The number of hydrogen-bond acceptors (Lipinski definition) is 2. The summed E-state index contributed by atoms with van der Waals surface area (Å²) in [6, 6.07) is 5.28. The summed E-state index contributed by atoms with van der Waals surface area (Å²) in [6.45, 7) is 1.66. The van der Waals surface area contributed by atoms with Crippen LogP contribution in [0.4, 0.5) is 0 Å². The van der Waals surface area contributed by atoms with Crippen molar-refractivity contribution in [3.05, 3.63) is 33.8 Å². The lowest BCUT2D eigenvalue weighted by atomic mass is 10.1. The number of nitrogens with one attached hydrogen (secondary N) is 1. The van der Waals surface area contributed by atoms with E-state index in [4.69, 9.17) is 23.2 Å². The van der Waals surface area contributed by atoms with Crippen LogP contribution in [0.1, 0.15) is 12.0 Å². The second-order valence-corrected chi connectivity index (χ2v) is 5.01.